The second kappa shape index (κ2) is 9.76. The molecule has 0 spiro atoms. The summed E-state index contributed by atoms with van der Waals surface area (Å²) in [6, 6.07) is 27.8. The van der Waals surface area contributed by atoms with E-state index >= 15 is 0 Å². The van der Waals surface area contributed by atoms with Gasteiger partial charge in [-0.15, -0.1) is 0 Å². The van der Waals surface area contributed by atoms with Crippen LogP contribution in [0.5, 0.6) is 0 Å². The van der Waals surface area contributed by atoms with Crippen LogP contribution in [0, 0.1) is 0 Å². The van der Waals surface area contributed by atoms with Gasteiger partial charge in [-0.3, -0.25) is 9.47 Å². The highest BCUT2D eigenvalue weighted by Gasteiger charge is 2.22. The molecule has 2 atom stereocenters. The molecular formula is C30H31N7. The molecule has 0 aliphatic carbocycles. The van der Waals surface area contributed by atoms with E-state index in [1.54, 1.807) is 6.20 Å². The maximum atomic E-state index is 6.30. The molecule has 4 heterocycles. The van der Waals surface area contributed by atoms with Crippen molar-refractivity contribution in [1.29, 1.82) is 0 Å². The Labute approximate surface area is 217 Å². The van der Waals surface area contributed by atoms with Gasteiger partial charge in [-0.1, -0.05) is 42.5 Å². The molecule has 0 saturated carbocycles. The molecule has 1 aliphatic heterocycles. The van der Waals surface area contributed by atoms with Gasteiger partial charge in [0, 0.05) is 49.2 Å². The molecule has 6 rings (SSSR count). The predicted molar refractivity (Wildman–Crippen MR) is 149 cm³/mol. The number of imidazole rings is 1. The van der Waals surface area contributed by atoms with Gasteiger partial charge in [-0.25, -0.2) is 15.0 Å². The zero-order valence-electron chi connectivity index (χ0n) is 21.2. The number of pyridine rings is 2. The molecule has 186 valence electrons. The molecule has 3 N–H and O–H groups in total. The van der Waals surface area contributed by atoms with Crippen LogP contribution in [0.3, 0.4) is 0 Å². The fourth-order valence-electron chi connectivity index (χ4n) is 5.34. The number of hydrogen-bond acceptors (Lipinski definition) is 6. The molecule has 1 aliphatic rings. The van der Waals surface area contributed by atoms with Crippen molar-refractivity contribution in [3.8, 4) is 28.3 Å². The number of nitrogens with one attached hydrogen (secondary N) is 1. The van der Waals surface area contributed by atoms with Crippen molar-refractivity contribution >= 4 is 17.0 Å². The average molecular weight is 490 g/mol. The van der Waals surface area contributed by atoms with Crippen molar-refractivity contribution in [3.63, 3.8) is 0 Å². The van der Waals surface area contributed by atoms with E-state index in [-0.39, 0.29) is 0 Å². The van der Waals surface area contributed by atoms with Crippen LogP contribution in [-0.2, 0) is 6.54 Å². The number of nitrogens with zero attached hydrogens (tertiary/aromatic N) is 5. The Hall–Kier alpha value is -4.07. The fourth-order valence-corrected chi connectivity index (χ4v) is 5.34. The first-order chi connectivity index (χ1) is 18.0. The number of rotatable bonds is 5. The van der Waals surface area contributed by atoms with Crippen molar-refractivity contribution in [2.45, 2.75) is 32.5 Å². The summed E-state index contributed by atoms with van der Waals surface area (Å²) in [7, 11) is 0. The minimum atomic E-state index is 0.445. The molecule has 3 aromatic heterocycles. The van der Waals surface area contributed by atoms with Crippen molar-refractivity contribution in [3.05, 3.63) is 90.6 Å². The zero-order chi connectivity index (χ0) is 25.4. The van der Waals surface area contributed by atoms with E-state index in [4.69, 9.17) is 15.7 Å². The lowest BCUT2D eigenvalue weighted by molar-refractivity contribution is 0.166. The maximum Gasteiger partial charge on any atom is 0.165 e. The largest absolute Gasteiger partial charge is 0.383 e. The third-order valence-electron chi connectivity index (χ3n) is 6.89. The number of benzene rings is 2. The number of fused-ring (bicyclic) bond motifs is 1. The Bertz CT molecular complexity index is 1520. The highest BCUT2D eigenvalue weighted by atomic mass is 15.2. The third-order valence-corrected chi connectivity index (χ3v) is 6.89. The maximum absolute atomic E-state index is 6.30. The summed E-state index contributed by atoms with van der Waals surface area (Å²) in [6.07, 6.45) is 1.70. The van der Waals surface area contributed by atoms with E-state index in [1.807, 2.05) is 42.5 Å². The minimum absolute atomic E-state index is 0.445. The lowest BCUT2D eigenvalue weighted by atomic mass is 10.1. The van der Waals surface area contributed by atoms with Gasteiger partial charge in [0.2, 0.25) is 0 Å². The molecule has 2 aromatic carbocycles. The van der Waals surface area contributed by atoms with Gasteiger partial charge in [0.15, 0.2) is 11.5 Å². The summed E-state index contributed by atoms with van der Waals surface area (Å²) in [5, 5.41) is 3.61. The van der Waals surface area contributed by atoms with Crippen molar-refractivity contribution in [1.82, 2.24) is 29.7 Å². The zero-order valence-corrected chi connectivity index (χ0v) is 21.2. The summed E-state index contributed by atoms with van der Waals surface area (Å²) >= 11 is 0. The van der Waals surface area contributed by atoms with Gasteiger partial charge < -0.3 is 11.1 Å². The molecule has 0 unspecified atom stereocenters. The first-order valence-electron chi connectivity index (χ1n) is 12.8. The van der Waals surface area contributed by atoms with Crippen LogP contribution < -0.4 is 11.1 Å². The minimum Gasteiger partial charge on any atom is -0.383 e. The molecule has 5 aromatic rings. The van der Waals surface area contributed by atoms with E-state index in [2.05, 4.69) is 70.0 Å². The van der Waals surface area contributed by atoms with Gasteiger partial charge in [0.05, 0.1) is 11.3 Å². The van der Waals surface area contributed by atoms with Crippen LogP contribution in [-0.4, -0.2) is 49.6 Å². The molecule has 1 saturated heterocycles. The van der Waals surface area contributed by atoms with Crippen LogP contribution in [0.15, 0.2) is 85.1 Å². The van der Waals surface area contributed by atoms with Gasteiger partial charge in [-0.2, -0.15) is 0 Å². The molecule has 1 fully saturated rings. The normalized spacial score (nSPS) is 18.3. The summed E-state index contributed by atoms with van der Waals surface area (Å²) in [5.74, 6) is 1.18. The van der Waals surface area contributed by atoms with Crippen LogP contribution >= 0.6 is 0 Å². The topological polar surface area (TPSA) is 84.9 Å². The average Bonchev–Trinajstić information content (AvgIpc) is 3.28. The molecule has 7 heteroatoms. The van der Waals surface area contributed by atoms with Crippen molar-refractivity contribution < 1.29 is 0 Å². The Balaban J connectivity index is 1.43. The molecule has 7 nitrogen and oxygen atoms in total. The van der Waals surface area contributed by atoms with E-state index < -0.39 is 0 Å². The number of hydrogen-bond donors (Lipinski definition) is 2. The number of aromatic nitrogens is 4. The number of nitrogens with two attached hydrogens (primary N) is 1. The molecule has 0 amide bonds. The number of anilines is 1. The van der Waals surface area contributed by atoms with Crippen molar-refractivity contribution in [2.24, 2.45) is 0 Å². The lowest BCUT2D eigenvalue weighted by Crippen LogP contribution is -2.53. The Kier molecular flexibility index (Phi) is 6.16. The molecule has 37 heavy (non-hydrogen) atoms. The summed E-state index contributed by atoms with van der Waals surface area (Å²) < 4.78 is 2.09. The van der Waals surface area contributed by atoms with Crippen LogP contribution in [0.25, 0.3) is 39.5 Å². The van der Waals surface area contributed by atoms with Gasteiger partial charge >= 0.3 is 0 Å². The Morgan fingerprint density at radius 2 is 1.62 bits per heavy atom. The van der Waals surface area contributed by atoms with E-state index in [9.17, 15) is 0 Å². The molecule has 0 radical (unpaired) electrons. The van der Waals surface area contributed by atoms with Gasteiger partial charge in [-0.05, 0) is 55.8 Å². The smallest absolute Gasteiger partial charge is 0.165 e. The van der Waals surface area contributed by atoms with E-state index in [0.29, 0.717) is 17.9 Å². The first kappa shape index (κ1) is 23.3. The molecule has 0 bridgehead atoms. The Morgan fingerprint density at radius 3 is 2.35 bits per heavy atom. The highest BCUT2D eigenvalue weighted by molar-refractivity contribution is 5.84. The second-order valence-electron chi connectivity index (χ2n) is 9.94. The number of nitrogen functional groups attached to an aromatic ring is 1. The highest BCUT2D eigenvalue weighted by Crippen LogP contribution is 2.31. The first-order valence-corrected chi connectivity index (χ1v) is 12.8. The summed E-state index contributed by atoms with van der Waals surface area (Å²) in [5.41, 5.74) is 12.9. The lowest BCUT2D eigenvalue weighted by Gasteiger charge is -2.36. The van der Waals surface area contributed by atoms with Crippen LogP contribution in [0.2, 0.25) is 0 Å². The standard InChI is InChI=1S/C30H31N7/c1-20-17-36(18-21(2)33-20)19-22-10-12-24(13-11-22)37-29(25-9-6-16-32-28(25)31)35-27-15-14-26(34-30(27)37)23-7-4-3-5-8-23/h3-16,20-21,33H,17-19H2,1-2H3,(H2,31,32)/t20-,21+. The predicted octanol–water partition coefficient (Wildman–Crippen LogP) is 4.91. The van der Waals surface area contributed by atoms with E-state index in [0.717, 1.165) is 59.1 Å². The number of piperazine rings is 1. The van der Waals surface area contributed by atoms with Crippen LogP contribution in [0.4, 0.5) is 5.82 Å². The Morgan fingerprint density at radius 1 is 0.865 bits per heavy atom. The van der Waals surface area contributed by atoms with Gasteiger partial charge in [0.1, 0.15) is 11.3 Å². The summed E-state index contributed by atoms with van der Waals surface area (Å²) in [6.45, 7) is 7.53. The molecular weight excluding hydrogens is 458 g/mol. The third kappa shape index (κ3) is 4.71. The quantitative estimate of drug-likeness (QED) is 0.365. The summed E-state index contributed by atoms with van der Waals surface area (Å²) in [4.78, 5) is 16.8. The SMILES string of the molecule is C[C@@H]1CN(Cc2ccc(-n3c(-c4cccnc4N)nc4ccc(-c5ccccc5)nc43)cc2)C[C@H](C)N1. The van der Waals surface area contributed by atoms with Crippen LogP contribution in [0.1, 0.15) is 19.4 Å². The van der Waals surface area contributed by atoms with Crippen molar-refractivity contribution in [2.75, 3.05) is 18.8 Å². The van der Waals surface area contributed by atoms with Gasteiger partial charge in [0.25, 0.3) is 0 Å². The monoisotopic (exact) mass is 489 g/mol. The fraction of sp³-hybridized carbons (Fsp3) is 0.233. The van der Waals surface area contributed by atoms with E-state index in [1.165, 1.54) is 5.56 Å². The second-order valence-corrected chi connectivity index (χ2v) is 9.94.